The maximum atomic E-state index is 12.7. The van der Waals surface area contributed by atoms with E-state index in [1.54, 1.807) is 0 Å². The molecule has 0 radical (unpaired) electrons. The van der Waals surface area contributed by atoms with Gasteiger partial charge in [0.25, 0.3) is 0 Å². The molecule has 2 aromatic heterocycles. The Balaban J connectivity index is 1.79. The molecular formula is C15H10BrF3N4OS. The van der Waals surface area contributed by atoms with Gasteiger partial charge in [-0.1, -0.05) is 15.9 Å². The van der Waals surface area contributed by atoms with Gasteiger partial charge in [-0.15, -0.1) is 11.3 Å². The average Bonchev–Trinajstić information content (AvgIpc) is 3.09. The molecule has 0 amide bonds. The number of ether oxygens (including phenoxy) is 1. The summed E-state index contributed by atoms with van der Waals surface area (Å²) in [7, 11) is 0. The number of thiazole rings is 1. The van der Waals surface area contributed by atoms with Crippen LogP contribution in [-0.2, 0) is 13.0 Å². The third-order valence-corrected chi connectivity index (χ3v) is 5.22. The van der Waals surface area contributed by atoms with Gasteiger partial charge in [-0.3, -0.25) is 0 Å². The molecular weight excluding hydrogens is 421 g/mol. The molecule has 5 nitrogen and oxygen atoms in total. The van der Waals surface area contributed by atoms with Crippen LogP contribution in [0.25, 0.3) is 22.1 Å². The highest BCUT2D eigenvalue weighted by molar-refractivity contribution is 9.10. The Hall–Kier alpha value is -1.94. The van der Waals surface area contributed by atoms with Crippen molar-refractivity contribution in [3.63, 3.8) is 0 Å². The maximum Gasteiger partial charge on any atom is 0.408 e. The number of hydrogen-bond donors (Lipinski definition) is 0. The fourth-order valence-electron chi connectivity index (χ4n) is 2.61. The van der Waals surface area contributed by atoms with Crippen LogP contribution in [0.5, 0.6) is 5.75 Å². The third-order valence-electron chi connectivity index (χ3n) is 3.62. The highest BCUT2D eigenvalue weighted by Gasteiger charge is 2.31. The normalized spacial score (nSPS) is 13.8. The lowest BCUT2D eigenvalue weighted by Crippen LogP contribution is -2.19. The molecule has 130 valence electrons. The first kappa shape index (κ1) is 16.5. The lowest BCUT2D eigenvalue weighted by Gasteiger charge is -2.08. The van der Waals surface area contributed by atoms with Crippen molar-refractivity contribution >= 4 is 27.3 Å². The van der Waals surface area contributed by atoms with E-state index in [4.69, 9.17) is 4.74 Å². The van der Waals surface area contributed by atoms with Gasteiger partial charge >= 0.3 is 6.18 Å². The zero-order valence-corrected chi connectivity index (χ0v) is 15.0. The van der Waals surface area contributed by atoms with Crippen molar-refractivity contribution in [2.75, 3.05) is 6.61 Å². The minimum atomic E-state index is -4.37. The summed E-state index contributed by atoms with van der Waals surface area (Å²) in [6, 6.07) is 5.62. The summed E-state index contributed by atoms with van der Waals surface area (Å²) >= 11 is 4.72. The van der Waals surface area contributed by atoms with Gasteiger partial charge in [-0.05, 0) is 18.2 Å². The Kier molecular flexibility index (Phi) is 4.03. The fourth-order valence-corrected chi connectivity index (χ4v) is 4.00. The quantitative estimate of drug-likeness (QED) is 0.607. The molecule has 0 fully saturated rings. The molecule has 10 heteroatoms. The molecule has 3 aromatic rings. The first-order valence-corrected chi connectivity index (χ1v) is 8.89. The maximum absolute atomic E-state index is 12.7. The fraction of sp³-hybridized carbons (Fsp3) is 0.267. The number of benzene rings is 1. The molecule has 0 N–H and O–H groups in total. The second kappa shape index (κ2) is 6.10. The van der Waals surface area contributed by atoms with Gasteiger partial charge in [-0.2, -0.15) is 18.3 Å². The van der Waals surface area contributed by atoms with E-state index >= 15 is 0 Å². The van der Waals surface area contributed by atoms with E-state index in [0.29, 0.717) is 23.8 Å². The number of alkyl halides is 3. The Bertz CT molecular complexity index is 937. The second-order valence-electron chi connectivity index (χ2n) is 5.39. The van der Waals surface area contributed by atoms with E-state index in [-0.39, 0.29) is 5.82 Å². The molecule has 1 aliphatic heterocycles. The Labute approximate surface area is 152 Å². The van der Waals surface area contributed by atoms with Crippen LogP contribution >= 0.6 is 27.3 Å². The average molecular weight is 431 g/mol. The summed E-state index contributed by atoms with van der Waals surface area (Å²) in [6.07, 6.45) is -2.63. The Morgan fingerprint density at radius 3 is 2.96 bits per heavy atom. The smallest absolute Gasteiger partial charge is 0.408 e. The molecule has 0 saturated heterocycles. The molecule has 0 atom stereocenters. The van der Waals surface area contributed by atoms with Crippen molar-refractivity contribution in [2.24, 2.45) is 0 Å². The van der Waals surface area contributed by atoms with Crippen LogP contribution < -0.4 is 4.74 Å². The lowest BCUT2D eigenvalue weighted by molar-refractivity contribution is -0.142. The summed E-state index contributed by atoms with van der Waals surface area (Å²) < 4.78 is 45.6. The molecule has 0 bridgehead atoms. The molecule has 25 heavy (non-hydrogen) atoms. The molecule has 0 spiro atoms. The second-order valence-corrected chi connectivity index (χ2v) is 7.39. The van der Waals surface area contributed by atoms with Crippen LogP contribution in [0.2, 0.25) is 0 Å². The summed E-state index contributed by atoms with van der Waals surface area (Å²) in [5.41, 5.74) is 1.54. The third kappa shape index (κ3) is 3.28. The topological polar surface area (TPSA) is 52.8 Å². The lowest BCUT2D eigenvalue weighted by atomic mass is 10.1. The molecule has 0 aliphatic carbocycles. The summed E-state index contributed by atoms with van der Waals surface area (Å²) in [5, 5.41) is 4.10. The number of rotatable bonds is 2. The standard InChI is InChI=1S/C15H10BrF3N4OS/c16-8-1-2-9-10(5-8)24-4-3-11-12(9)22-14(25-11)13-20-7-21-23(13)6-15(17,18)19/h1-2,5,7H,3-4,6H2. The van der Waals surface area contributed by atoms with Crippen LogP contribution in [0.15, 0.2) is 29.0 Å². The predicted octanol–water partition coefficient (Wildman–Crippen LogP) is 4.33. The van der Waals surface area contributed by atoms with E-state index < -0.39 is 12.7 Å². The van der Waals surface area contributed by atoms with Crippen LogP contribution in [0.4, 0.5) is 13.2 Å². The van der Waals surface area contributed by atoms with Crippen LogP contribution in [-0.4, -0.2) is 32.5 Å². The van der Waals surface area contributed by atoms with Gasteiger partial charge in [-0.25, -0.2) is 14.6 Å². The van der Waals surface area contributed by atoms with Crippen LogP contribution in [0.3, 0.4) is 0 Å². The van der Waals surface area contributed by atoms with Crippen molar-refractivity contribution in [3.05, 3.63) is 33.9 Å². The zero-order valence-electron chi connectivity index (χ0n) is 12.5. The van der Waals surface area contributed by atoms with Crippen molar-refractivity contribution in [2.45, 2.75) is 19.1 Å². The van der Waals surface area contributed by atoms with Gasteiger partial charge in [0, 0.05) is 21.3 Å². The van der Waals surface area contributed by atoms with Gasteiger partial charge in [0.15, 0.2) is 10.8 Å². The van der Waals surface area contributed by atoms with E-state index in [1.807, 2.05) is 18.2 Å². The molecule has 3 heterocycles. The van der Waals surface area contributed by atoms with Crippen molar-refractivity contribution in [1.82, 2.24) is 19.7 Å². The molecule has 0 saturated carbocycles. The van der Waals surface area contributed by atoms with Gasteiger partial charge in [0.05, 0.1) is 12.3 Å². The molecule has 1 aromatic carbocycles. The largest absolute Gasteiger partial charge is 0.492 e. The highest BCUT2D eigenvalue weighted by Crippen LogP contribution is 2.41. The van der Waals surface area contributed by atoms with Crippen LogP contribution in [0, 0.1) is 0 Å². The van der Waals surface area contributed by atoms with E-state index in [2.05, 4.69) is 31.0 Å². The number of fused-ring (bicyclic) bond motifs is 3. The molecule has 1 aliphatic rings. The number of nitrogens with zero attached hydrogens (tertiary/aromatic N) is 4. The number of halogens is 4. The number of aromatic nitrogens is 4. The van der Waals surface area contributed by atoms with Gasteiger partial charge in [0.1, 0.15) is 18.6 Å². The van der Waals surface area contributed by atoms with Crippen molar-refractivity contribution in [3.8, 4) is 27.8 Å². The SMILES string of the molecule is FC(F)(F)Cn1ncnc1-c1nc2c(s1)CCOc1cc(Br)ccc1-2. The highest BCUT2D eigenvalue weighted by atomic mass is 79.9. The minimum absolute atomic E-state index is 0.120. The molecule has 4 rings (SSSR count). The first-order valence-electron chi connectivity index (χ1n) is 7.28. The van der Waals surface area contributed by atoms with Crippen molar-refractivity contribution < 1.29 is 17.9 Å². The zero-order chi connectivity index (χ0) is 17.6. The monoisotopic (exact) mass is 430 g/mol. The van der Waals surface area contributed by atoms with Crippen LogP contribution in [0.1, 0.15) is 4.88 Å². The Morgan fingerprint density at radius 2 is 2.16 bits per heavy atom. The van der Waals surface area contributed by atoms with E-state index in [0.717, 1.165) is 31.6 Å². The summed E-state index contributed by atoms with van der Waals surface area (Å²) in [6.45, 7) is -0.716. The molecule has 0 unspecified atom stereocenters. The summed E-state index contributed by atoms with van der Waals surface area (Å²) in [4.78, 5) is 9.47. The van der Waals surface area contributed by atoms with Gasteiger partial charge in [0.2, 0.25) is 0 Å². The minimum Gasteiger partial charge on any atom is -0.492 e. The van der Waals surface area contributed by atoms with Gasteiger partial charge < -0.3 is 4.74 Å². The van der Waals surface area contributed by atoms with Crippen molar-refractivity contribution in [1.29, 1.82) is 0 Å². The van der Waals surface area contributed by atoms with E-state index in [9.17, 15) is 13.2 Å². The first-order chi connectivity index (χ1) is 11.9. The predicted molar refractivity (Wildman–Crippen MR) is 89.5 cm³/mol. The Morgan fingerprint density at radius 1 is 1.32 bits per heavy atom. The van der Waals surface area contributed by atoms with E-state index in [1.165, 1.54) is 11.3 Å². The number of hydrogen-bond acceptors (Lipinski definition) is 5. The summed E-state index contributed by atoms with van der Waals surface area (Å²) in [5.74, 6) is 0.816.